The first-order valence-electron chi connectivity index (χ1n) is 38.1. The number of furan rings is 1. The van der Waals surface area contributed by atoms with Crippen LogP contribution in [0.2, 0.25) is 0 Å². The van der Waals surface area contributed by atoms with Crippen molar-refractivity contribution in [3.05, 3.63) is 150 Å². The van der Waals surface area contributed by atoms with Gasteiger partial charge in [0.1, 0.15) is 48.5 Å². The van der Waals surface area contributed by atoms with Gasteiger partial charge < -0.3 is 98.0 Å². The van der Waals surface area contributed by atoms with E-state index in [1.807, 2.05) is 80.0 Å². The third kappa shape index (κ3) is 9.74. The molecule has 112 heavy (non-hydrogen) atoms. The van der Waals surface area contributed by atoms with Crippen molar-refractivity contribution in [1.29, 1.82) is 0 Å². The number of nitrogens with one attached hydrogen (secondary N) is 5. The molecule has 14 aliphatic heterocycles. The summed E-state index contributed by atoms with van der Waals surface area (Å²) in [6, 6.07) is 9.18. The minimum atomic E-state index is -1.91. The number of benzene rings is 6. The number of hydrogen-bond donors (Lipinski definition) is 11. The summed E-state index contributed by atoms with van der Waals surface area (Å²) in [6.07, 6.45) is -3.38. The van der Waals surface area contributed by atoms with Crippen LogP contribution in [0.25, 0.3) is 21.9 Å². The highest BCUT2D eigenvalue weighted by atomic mass is 32.2. The molecule has 6 aromatic carbocycles. The number of fused-ring (bicyclic) bond motifs is 22. The number of aromatic hydroxyl groups is 2. The standard InChI is InChI=1S/C82H85N7O21S2/c1-29-18-41-31(3)56-76(96)88-46-24-103-80(99)82(27-112-72(60(88)58(84-56)50(41)62(94)64(29)100-9)54-52(46)70-68(104-28-105-70)33(5)66(54)106-35(7)92)75-44(21-38(23-91)87-82)49-40(15-13-17-48(49)108-75)78-109-69-34(6)67(107-36(8)93)55-53(71(69)110-78)47-25-102-79(98)81(74-43(20-37(22-90)86-81)39-14-11-12-16-45(39)83-74)26-111-73(55)61-59-51-42(19-30(2)65(101-10)63(51)95)32(4)57(85-59)77(97)89(47)61/h11-19,31-32,37-38,46-47,56-61,72-73,76-78,83-87,90-91,94-97H,20-28H2,1-10H3/t31?,32?,37-,38-,46-,47-,56-,57-,58+,59+,60+,61+,72+,73+,76-,77-,78?,81+,82+/m0/s1. The lowest BCUT2D eigenvalue weighted by Crippen LogP contribution is -2.70. The zero-order valence-electron chi connectivity index (χ0n) is 62.9. The molecule has 8 bridgehead atoms. The number of H-pyrrole nitrogens is 1. The summed E-state index contributed by atoms with van der Waals surface area (Å²) in [6.45, 7) is 12.1. The van der Waals surface area contributed by atoms with Gasteiger partial charge in [-0.1, -0.05) is 56.3 Å². The Balaban J connectivity index is 0.744. The van der Waals surface area contributed by atoms with Crippen molar-refractivity contribution < 1.29 is 102 Å². The summed E-state index contributed by atoms with van der Waals surface area (Å²) in [5, 5.41) is 88.9. The number of methoxy groups -OCH3 is 2. The van der Waals surface area contributed by atoms with Crippen LogP contribution in [0.15, 0.2) is 59.0 Å². The average molecular weight is 1570 g/mol. The second-order valence-corrected chi connectivity index (χ2v) is 34.2. The summed E-state index contributed by atoms with van der Waals surface area (Å²) < 4.78 is 72.7. The summed E-state index contributed by atoms with van der Waals surface area (Å²) in [5.41, 5.74) is 6.90. The highest BCUT2D eigenvalue weighted by Gasteiger charge is 2.65. The molecule has 586 valence electrons. The van der Waals surface area contributed by atoms with E-state index in [2.05, 4.69) is 26.3 Å². The van der Waals surface area contributed by atoms with Crippen molar-refractivity contribution in [3.63, 3.8) is 0 Å². The molecule has 0 radical (unpaired) electrons. The van der Waals surface area contributed by atoms with Crippen LogP contribution in [-0.4, -0.2) is 177 Å². The van der Waals surface area contributed by atoms with Gasteiger partial charge in [0.15, 0.2) is 57.1 Å². The summed E-state index contributed by atoms with van der Waals surface area (Å²) in [4.78, 5) is 67.2. The zero-order chi connectivity index (χ0) is 77.6. The van der Waals surface area contributed by atoms with Crippen molar-refractivity contribution in [1.82, 2.24) is 36.1 Å². The summed E-state index contributed by atoms with van der Waals surface area (Å²) >= 11 is 2.68. The number of aryl methyl sites for hydroxylation is 2. The average Bonchev–Trinajstić information content (AvgIpc) is 0.941. The van der Waals surface area contributed by atoms with Crippen molar-refractivity contribution in [2.24, 2.45) is 0 Å². The van der Waals surface area contributed by atoms with Crippen LogP contribution in [0.4, 0.5) is 0 Å². The Morgan fingerprint density at radius 1 is 0.607 bits per heavy atom. The molecule has 3 unspecified atom stereocenters. The topological polar surface area (TPSA) is 365 Å². The van der Waals surface area contributed by atoms with Gasteiger partial charge in [-0.3, -0.25) is 30.0 Å². The lowest BCUT2D eigenvalue weighted by molar-refractivity contribution is -0.167. The maximum atomic E-state index is 16.2. The second-order valence-electron chi connectivity index (χ2n) is 31.9. The van der Waals surface area contributed by atoms with E-state index in [0.717, 1.165) is 27.6 Å². The Hall–Kier alpha value is -9.02. The van der Waals surface area contributed by atoms with Crippen LogP contribution >= 0.6 is 23.5 Å². The molecule has 2 spiro atoms. The van der Waals surface area contributed by atoms with Crippen molar-refractivity contribution >= 4 is 69.3 Å². The molecule has 0 aliphatic carbocycles. The monoisotopic (exact) mass is 1570 g/mol. The molecule has 22 rings (SSSR count). The molecule has 2 aromatic heterocycles. The number of aliphatic hydroxyl groups excluding tert-OH is 4. The van der Waals surface area contributed by atoms with E-state index in [1.54, 1.807) is 26.0 Å². The first-order chi connectivity index (χ1) is 53.9. The van der Waals surface area contributed by atoms with Gasteiger partial charge >= 0.3 is 23.9 Å². The van der Waals surface area contributed by atoms with E-state index in [-0.39, 0.29) is 89.0 Å². The van der Waals surface area contributed by atoms with Gasteiger partial charge in [-0.05, 0) is 80.5 Å². The number of rotatable bonds is 7. The Morgan fingerprint density at radius 3 is 1.70 bits per heavy atom. The van der Waals surface area contributed by atoms with Gasteiger partial charge in [-0.2, -0.15) is 0 Å². The molecule has 28 nitrogen and oxygen atoms in total. The Labute approximate surface area is 650 Å². The predicted octanol–water partition coefficient (Wildman–Crippen LogP) is 7.84. The largest absolute Gasteiger partial charge is 0.504 e. The minimum Gasteiger partial charge on any atom is -0.504 e. The number of para-hydroxylation sites is 1. The smallest absolute Gasteiger partial charge is 0.335 e. The Kier molecular flexibility index (Phi) is 16.5. The normalized spacial score (nSPS) is 32.1. The number of esters is 4. The molecule has 30 heteroatoms. The van der Waals surface area contributed by atoms with Gasteiger partial charge in [-0.25, -0.2) is 9.59 Å². The Morgan fingerprint density at radius 2 is 1.12 bits per heavy atom. The third-order valence-electron chi connectivity index (χ3n) is 26.1. The molecule has 0 amide bonds. The van der Waals surface area contributed by atoms with Crippen molar-refractivity contribution in [3.8, 4) is 57.5 Å². The lowest BCUT2D eigenvalue weighted by atomic mass is 9.71. The van der Waals surface area contributed by atoms with E-state index in [4.69, 9.17) is 51.8 Å². The highest BCUT2D eigenvalue weighted by Crippen LogP contribution is 2.68. The molecular formula is C82H85N7O21S2. The molecular weight excluding hydrogens is 1480 g/mol. The summed E-state index contributed by atoms with van der Waals surface area (Å²) in [7, 11) is 3.01. The van der Waals surface area contributed by atoms with Gasteiger partial charge in [0, 0.05) is 133 Å². The minimum absolute atomic E-state index is 0.0375. The number of ether oxygens (including phenoxy) is 10. The van der Waals surface area contributed by atoms with Gasteiger partial charge in [0.05, 0.1) is 79.9 Å². The molecule has 0 saturated carbocycles. The lowest BCUT2D eigenvalue weighted by Gasteiger charge is -2.60. The third-order valence-corrected chi connectivity index (χ3v) is 29.1. The number of phenolic OH excluding ortho intramolecular Hbond substituents is 2. The maximum Gasteiger partial charge on any atom is 0.335 e. The molecule has 8 aromatic rings. The van der Waals surface area contributed by atoms with Crippen LogP contribution < -0.4 is 59.2 Å². The fourth-order valence-corrected chi connectivity index (χ4v) is 24.8. The first kappa shape index (κ1) is 72.0. The van der Waals surface area contributed by atoms with Crippen LogP contribution in [-0.2, 0) is 52.6 Å². The molecule has 14 aliphatic rings. The quantitative estimate of drug-likeness (QED) is 0.0534. The maximum absolute atomic E-state index is 16.2. The zero-order valence-corrected chi connectivity index (χ0v) is 64.5. The molecule has 11 N–H and O–H groups in total. The second kappa shape index (κ2) is 25.7. The highest BCUT2D eigenvalue weighted by molar-refractivity contribution is 7.99. The van der Waals surface area contributed by atoms with E-state index in [0.29, 0.717) is 101 Å². The number of aromatic amines is 1. The molecule has 4 fully saturated rings. The fraction of sp³-hybridized carbons (Fsp3) is 0.463. The van der Waals surface area contributed by atoms with Crippen molar-refractivity contribution in [2.45, 2.75) is 181 Å². The van der Waals surface area contributed by atoms with Gasteiger partial charge in [0.25, 0.3) is 6.29 Å². The van der Waals surface area contributed by atoms with Crippen LogP contribution in [0.1, 0.15) is 175 Å². The van der Waals surface area contributed by atoms with Crippen LogP contribution in [0.5, 0.6) is 57.5 Å². The van der Waals surface area contributed by atoms with E-state index >= 15 is 9.59 Å². The van der Waals surface area contributed by atoms with Gasteiger partial charge in [0.2, 0.25) is 6.79 Å². The predicted molar refractivity (Wildman–Crippen MR) is 404 cm³/mol. The van der Waals surface area contributed by atoms with Crippen molar-refractivity contribution in [2.75, 3.05) is 58.9 Å². The number of carbonyl (C=O) groups is 4. The fourth-order valence-electron chi connectivity index (χ4n) is 21.5. The number of piperazine rings is 2. The number of aliphatic hydroxyl groups is 4. The van der Waals surface area contributed by atoms with Crippen LogP contribution in [0.3, 0.4) is 0 Å². The van der Waals surface area contributed by atoms with Crippen LogP contribution in [0, 0.1) is 27.7 Å². The molecule has 4 saturated heterocycles. The number of thioether (sulfide) groups is 2. The van der Waals surface area contributed by atoms with E-state index in [1.165, 1.54) is 51.6 Å². The SMILES string of the molecule is COc1c(C)cc2c(c1O)[C@H]1N[C@@H](C2C)[C@H](O)N2[C@H]1[C@@H]1SC[C@]3(N[C@H](CO)Cc4c3oc3cccc(C5Oc6c(C)c(OC(C)=O)c7c(c6O5)[C@@H]5COC(=O)[C@]6(CS[C@H]7[C@H]7[C@@H]8N[C@@H](C(C)c9cc(C)c(OC)c(O)c98)[C@H](O)N75)N[C@H](CO)Cc5c6[nH]c6ccccc56)c43)C(=O)OC[C@H]2c2c3c(c(C)c(OC(C)=O)c21)OCO3. The number of hydrogen-bond acceptors (Lipinski definition) is 29. The van der Waals surface area contributed by atoms with E-state index < -0.39 is 150 Å². The summed E-state index contributed by atoms with van der Waals surface area (Å²) in [5.74, 6) is -1.63. The Bertz CT molecular complexity index is 5440. The van der Waals surface area contributed by atoms with E-state index in [9.17, 15) is 40.2 Å². The number of nitrogens with zero attached hydrogens (tertiary/aromatic N) is 2. The number of phenols is 2. The molecule has 19 atom stereocenters. The van der Waals surface area contributed by atoms with Gasteiger partial charge in [-0.15, -0.1) is 23.5 Å². The first-order valence-corrected chi connectivity index (χ1v) is 40.1. The number of aromatic nitrogens is 1. The number of carbonyl (C=O) groups excluding carboxylic acids is 4. The molecule has 16 heterocycles.